The Morgan fingerprint density at radius 3 is 2.06 bits per heavy atom. The third-order valence-corrected chi connectivity index (χ3v) is 2.41. The number of ether oxygens (including phenoxy) is 1. The number of nitrogens with zero attached hydrogens (tertiary/aromatic N) is 2. The molecule has 0 bridgehead atoms. The summed E-state index contributed by atoms with van der Waals surface area (Å²) >= 11 is 0. The molecule has 2 N–H and O–H groups in total. The largest absolute Gasteiger partial charge is 0.379 e. The summed E-state index contributed by atoms with van der Waals surface area (Å²) in [4.78, 5) is 4.80. The molecule has 5 heteroatoms. The quantitative estimate of drug-likeness (QED) is 0.550. The van der Waals surface area contributed by atoms with E-state index in [-0.39, 0.29) is 45.6 Å². The molecule has 1 aliphatic heterocycles. The number of piperazine rings is 1. The van der Waals surface area contributed by atoms with Crippen LogP contribution >= 0.6 is 0 Å². The molecule has 0 aliphatic carbocycles. The summed E-state index contributed by atoms with van der Waals surface area (Å²) in [6.07, 6.45) is 0. The predicted octanol–water partition coefficient (Wildman–Crippen LogP) is 0.686. The van der Waals surface area contributed by atoms with Crippen molar-refractivity contribution in [3.05, 3.63) is 7.43 Å². The van der Waals surface area contributed by atoms with Gasteiger partial charge < -0.3 is 22.8 Å². The molecule has 17 heavy (non-hydrogen) atoms. The topological polar surface area (TPSA) is 41.7 Å². The van der Waals surface area contributed by atoms with E-state index in [0.717, 1.165) is 13.2 Å². The van der Waals surface area contributed by atoms with Crippen LogP contribution < -0.4 is 5.73 Å². The molecular formula is C12H30DyN3O-. The van der Waals surface area contributed by atoms with Crippen molar-refractivity contribution in [3.8, 4) is 0 Å². The first-order valence-corrected chi connectivity index (χ1v) is 6.01. The zero-order valence-electron chi connectivity index (χ0n) is 11.9. The molecule has 0 atom stereocenters. The minimum absolute atomic E-state index is 0. The van der Waals surface area contributed by atoms with E-state index < -0.39 is 0 Å². The molecule has 0 aromatic carbocycles. The third-order valence-electron chi connectivity index (χ3n) is 2.41. The minimum Gasteiger partial charge on any atom is -0.379 e. The summed E-state index contributed by atoms with van der Waals surface area (Å²) in [6, 6.07) is 0. The molecule has 0 radical (unpaired) electrons. The molecule has 110 valence electrons. The van der Waals surface area contributed by atoms with Gasteiger partial charge in [0.05, 0.1) is 13.2 Å². The van der Waals surface area contributed by atoms with Crippen LogP contribution in [-0.4, -0.2) is 69.3 Å². The van der Waals surface area contributed by atoms with Crippen LogP contribution in [-0.2, 0) is 4.74 Å². The van der Waals surface area contributed by atoms with E-state index in [9.17, 15) is 0 Å². The van der Waals surface area contributed by atoms with Gasteiger partial charge >= 0.3 is 0 Å². The van der Waals surface area contributed by atoms with Gasteiger partial charge in [-0.1, -0.05) is 13.8 Å². The zero-order chi connectivity index (χ0) is 11.5. The number of likely N-dealkylation sites (N-methyl/N-ethyl adjacent to an activating group) is 1. The second kappa shape index (κ2) is 17.1. The van der Waals surface area contributed by atoms with Crippen molar-refractivity contribution in [3.63, 3.8) is 0 Å². The molecule has 0 aromatic rings. The molecule has 1 rings (SSSR count). The Bertz CT molecular complexity index is 131. The molecule has 1 fully saturated rings. The van der Waals surface area contributed by atoms with Crippen molar-refractivity contribution in [2.75, 3.05) is 59.5 Å². The van der Waals surface area contributed by atoms with Crippen LogP contribution in [0.2, 0.25) is 0 Å². The van der Waals surface area contributed by atoms with E-state index >= 15 is 0 Å². The van der Waals surface area contributed by atoms with E-state index in [1.165, 1.54) is 26.2 Å². The van der Waals surface area contributed by atoms with Gasteiger partial charge in [-0.2, -0.15) is 0 Å². The van der Waals surface area contributed by atoms with E-state index in [1.54, 1.807) is 0 Å². The Hall–Kier alpha value is 1.11. The van der Waals surface area contributed by atoms with Gasteiger partial charge in [-0.25, -0.2) is 0 Å². The molecule has 1 aliphatic rings. The molecule has 1 saturated heterocycles. The summed E-state index contributed by atoms with van der Waals surface area (Å²) in [5, 5.41) is 0. The summed E-state index contributed by atoms with van der Waals surface area (Å²) in [7, 11) is 2.17. The van der Waals surface area contributed by atoms with Gasteiger partial charge in [-0.3, -0.25) is 4.90 Å². The Balaban J connectivity index is -0.000000464. The molecule has 4 nitrogen and oxygen atoms in total. The van der Waals surface area contributed by atoms with Gasteiger partial charge in [0.2, 0.25) is 0 Å². The number of hydrogen-bond donors (Lipinski definition) is 1. The van der Waals surface area contributed by atoms with Gasteiger partial charge in [0.1, 0.15) is 0 Å². The van der Waals surface area contributed by atoms with Crippen molar-refractivity contribution >= 4 is 0 Å². The Labute approximate surface area is 138 Å². The number of hydrogen-bond acceptors (Lipinski definition) is 4. The first kappa shape index (κ1) is 23.2. The molecule has 0 unspecified atom stereocenters. The van der Waals surface area contributed by atoms with Gasteiger partial charge in [0.25, 0.3) is 0 Å². The SMILES string of the molecule is CC.CN1CCN(CCOCCN)CC1.[CH3-].[Dy]. The third kappa shape index (κ3) is 13.3. The second-order valence-corrected chi connectivity index (χ2v) is 3.55. The fourth-order valence-corrected chi connectivity index (χ4v) is 1.45. The average molecular weight is 395 g/mol. The van der Waals surface area contributed by atoms with Gasteiger partial charge in [-0.15, -0.1) is 0 Å². The smallest absolute Gasteiger partial charge is 0.0594 e. The molecule has 0 saturated carbocycles. The number of nitrogens with two attached hydrogens (primary N) is 1. The van der Waals surface area contributed by atoms with Crippen LogP contribution in [0.3, 0.4) is 0 Å². The maximum absolute atomic E-state index is 5.33. The van der Waals surface area contributed by atoms with Crippen LogP contribution in [0, 0.1) is 45.6 Å². The van der Waals surface area contributed by atoms with Crippen molar-refractivity contribution in [2.45, 2.75) is 13.8 Å². The monoisotopic (exact) mass is 396 g/mol. The van der Waals surface area contributed by atoms with E-state index in [2.05, 4.69) is 16.8 Å². The first-order chi connectivity index (χ1) is 7.33. The zero-order valence-corrected chi connectivity index (χ0v) is 13.9. The molecule has 1 heterocycles. The van der Waals surface area contributed by atoms with Crippen molar-refractivity contribution < 1.29 is 42.9 Å². The molecule has 0 aromatic heterocycles. The standard InChI is InChI=1S/C9H21N3O.C2H6.CH3.Dy/c1-11-3-5-12(6-4-11)7-9-13-8-2-10;1-2;;/h2-10H2,1H3;1-2H3;1H3;/q;;-1;. The van der Waals surface area contributed by atoms with Crippen molar-refractivity contribution in [1.29, 1.82) is 0 Å². The van der Waals surface area contributed by atoms with Crippen LogP contribution in [0.4, 0.5) is 0 Å². The maximum atomic E-state index is 5.33. The molecule has 0 spiro atoms. The normalized spacial score (nSPS) is 16.2. The van der Waals surface area contributed by atoms with Gasteiger partial charge in [0.15, 0.2) is 0 Å². The Morgan fingerprint density at radius 1 is 1.06 bits per heavy atom. The summed E-state index contributed by atoms with van der Waals surface area (Å²) in [5.41, 5.74) is 5.32. The average Bonchev–Trinajstić information content (AvgIpc) is 2.30. The molecule has 0 amide bonds. The van der Waals surface area contributed by atoms with Crippen LogP contribution in [0.15, 0.2) is 0 Å². The minimum atomic E-state index is 0. The van der Waals surface area contributed by atoms with E-state index in [0.29, 0.717) is 13.2 Å². The number of rotatable bonds is 5. The first-order valence-electron chi connectivity index (χ1n) is 6.01. The second-order valence-electron chi connectivity index (χ2n) is 3.55. The fourth-order valence-electron chi connectivity index (χ4n) is 1.45. The Morgan fingerprint density at radius 2 is 1.59 bits per heavy atom. The maximum Gasteiger partial charge on any atom is 0.0594 e. The van der Waals surface area contributed by atoms with Crippen LogP contribution in [0.5, 0.6) is 0 Å². The van der Waals surface area contributed by atoms with E-state index in [1.807, 2.05) is 13.8 Å². The fraction of sp³-hybridized carbons (Fsp3) is 0.917. The summed E-state index contributed by atoms with van der Waals surface area (Å²) in [6.45, 7) is 11.9. The summed E-state index contributed by atoms with van der Waals surface area (Å²) < 4.78 is 5.33. The van der Waals surface area contributed by atoms with Gasteiger partial charge in [0, 0.05) is 77.4 Å². The van der Waals surface area contributed by atoms with Gasteiger partial charge in [-0.05, 0) is 7.05 Å². The van der Waals surface area contributed by atoms with E-state index in [4.69, 9.17) is 10.5 Å². The van der Waals surface area contributed by atoms with Crippen LogP contribution in [0.25, 0.3) is 0 Å². The van der Waals surface area contributed by atoms with Crippen molar-refractivity contribution in [2.24, 2.45) is 5.73 Å². The Kier molecular flexibility index (Phi) is 23.4. The van der Waals surface area contributed by atoms with Crippen molar-refractivity contribution in [1.82, 2.24) is 9.80 Å². The van der Waals surface area contributed by atoms with Crippen LogP contribution in [0.1, 0.15) is 13.8 Å². The molecular weight excluding hydrogens is 365 g/mol. The predicted molar refractivity (Wildman–Crippen MR) is 71.6 cm³/mol. The summed E-state index contributed by atoms with van der Waals surface area (Å²) in [5.74, 6) is 0.